The fourth-order valence-corrected chi connectivity index (χ4v) is 5.57. The molecule has 0 radical (unpaired) electrons. The Morgan fingerprint density at radius 3 is 2.17 bits per heavy atom. The number of alkyl halides is 3. The van der Waals surface area contributed by atoms with Gasteiger partial charge in [-0.1, -0.05) is 30.3 Å². The minimum atomic E-state index is -4.42. The second kappa shape index (κ2) is 17.0. The minimum absolute atomic E-state index is 0.0142. The molecule has 0 bridgehead atoms. The smallest absolute Gasteiger partial charge is 0.416 e. The number of ether oxygens (including phenoxy) is 2. The summed E-state index contributed by atoms with van der Waals surface area (Å²) in [5.41, 5.74) is 1.24. The molecule has 2 N–H and O–H groups in total. The van der Waals surface area contributed by atoms with Crippen LogP contribution in [0.1, 0.15) is 62.4 Å². The van der Waals surface area contributed by atoms with Crippen molar-refractivity contribution in [3.05, 3.63) is 66.0 Å². The van der Waals surface area contributed by atoms with E-state index in [9.17, 15) is 22.8 Å². The molecule has 2 aromatic carbocycles. The number of likely N-dealkylation sites (tertiary alicyclic amines) is 1. The number of benzene rings is 2. The van der Waals surface area contributed by atoms with E-state index in [4.69, 9.17) is 9.47 Å². The van der Waals surface area contributed by atoms with Gasteiger partial charge in [-0.25, -0.2) is 4.79 Å². The van der Waals surface area contributed by atoms with Crippen molar-refractivity contribution in [2.75, 3.05) is 50.8 Å². The monoisotopic (exact) mass is 656 g/mol. The summed E-state index contributed by atoms with van der Waals surface area (Å²) in [5.74, 6) is 0.346. The molecular weight excluding hydrogens is 613 g/mol. The third-order valence-electron chi connectivity index (χ3n) is 7.88. The molecule has 0 saturated carbocycles. The summed E-state index contributed by atoms with van der Waals surface area (Å²) in [5, 5.41) is 5.99. The molecule has 1 fully saturated rings. The molecule has 0 spiro atoms. The summed E-state index contributed by atoms with van der Waals surface area (Å²) < 4.78 is 50.5. The van der Waals surface area contributed by atoms with E-state index in [1.807, 2.05) is 20.8 Å². The summed E-state index contributed by atoms with van der Waals surface area (Å²) in [6.45, 7) is 9.63. The molecule has 0 atom stereocenters. The number of urea groups is 1. The van der Waals surface area contributed by atoms with Gasteiger partial charge in [-0.3, -0.25) is 9.69 Å². The Bertz CT molecular complexity index is 1440. The average Bonchev–Trinajstić information content (AvgIpc) is 3.06. The van der Waals surface area contributed by atoms with E-state index in [2.05, 4.69) is 25.5 Å². The van der Waals surface area contributed by atoms with E-state index >= 15 is 0 Å². The number of anilines is 1. The number of piperidine rings is 1. The van der Waals surface area contributed by atoms with Gasteiger partial charge in [0.2, 0.25) is 11.8 Å². The van der Waals surface area contributed by atoms with Crippen LogP contribution in [0, 0.1) is 0 Å². The molecule has 1 aliphatic rings. The number of halogens is 3. The van der Waals surface area contributed by atoms with Crippen LogP contribution in [0.25, 0.3) is 11.1 Å². The summed E-state index contributed by atoms with van der Waals surface area (Å²) in [6, 6.07) is 11.5. The largest absolute Gasteiger partial charge is 0.476 e. The molecule has 13 heteroatoms. The van der Waals surface area contributed by atoms with Crippen LogP contribution in [0.15, 0.2) is 54.9 Å². The average molecular weight is 657 g/mol. The highest BCUT2D eigenvalue weighted by atomic mass is 19.4. The number of carbonyl (C=O) groups excluding carboxylic acids is 2. The molecule has 0 unspecified atom stereocenters. The molecule has 4 rings (SSSR count). The SMILES string of the molecule is CCNC(=O)N(CCCCN1CCC(NC(=O)c2ccccc2-c2ccc(C(F)(F)F)cc2)CC1)c1c(OCC)ncnc1OCC. The van der Waals surface area contributed by atoms with Crippen molar-refractivity contribution >= 4 is 17.6 Å². The van der Waals surface area contributed by atoms with E-state index < -0.39 is 11.7 Å². The third kappa shape index (κ3) is 9.57. The fraction of sp³-hybridized carbons (Fsp3) is 0.471. The van der Waals surface area contributed by atoms with Crippen LogP contribution in [0.3, 0.4) is 0 Å². The second-order valence-electron chi connectivity index (χ2n) is 11.1. The van der Waals surface area contributed by atoms with E-state index in [1.54, 1.807) is 29.2 Å². The predicted molar refractivity (Wildman–Crippen MR) is 174 cm³/mol. The third-order valence-corrected chi connectivity index (χ3v) is 7.88. The molecule has 3 aromatic rings. The van der Waals surface area contributed by atoms with Crippen LogP contribution in [-0.4, -0.2) is 78.8 Å². The Labute approximate surface area is 273 Å². The Balaban J connectivity index is 1.30. The first-order valence-corrected chi connectivity index (χ1v) is 16.1. The molecule has 1 aliphatic heterocycles. The Kier molecular flexibility index (Phi) is 12.8. The van der Waals surface area contributed by atoms with Gasteiger partial charge in [0.15, 0.2) is 5.69 Å². The van der Waals surface area contributed by atoms with Crippen molar-refractivity contribution in [1.82, 2.24) is 25.5 Å². The fourth-order valence-electron chi connectivity index (χ4n) is 5.57. The van der Waals surface area contributed by atoms with Gasteiger partial charge in [0.1, 0.15) is 6.33 Å². The molecule has 2 heterocycles. The number of hydrogen-bond acceptors (Lipinski definition) is 7. The highest BCUT2D eigenvalue weighted by Crippen LogP contribution is 2.35. The van der Waals surface area contributed by atoms with Crippen LogP contribution >= 0.6 is 0 Å². The van der Waals surface area contributed by atoms with Crippen molar-refractivity contribution in [2.45, 2.75) is 58.7 Å². The lowest BCUT2D eigenvalue weighted by Gasteiger charge is -2.32. The number of nitrogens with zero attached hydrogens (tertiary/aromatic N) is 4. The molecule has 47 heavy (non-hydrogen) atoms. The molecule has 3 amide bonds. The van der Waals surface area contributed by atoms with Gasteiger partial charge in [-0.05, 0) is 82.3 Å². The maximum absolute atomic E-state index is 13.3. The molecule has 254 valence electrons. The summed E-state index contributed by atoms with van der Waals surface area (Å²) in [6.07, 6.45) is 0.0516. The number of amides is 3. The van der Waals surface area contributed by atoms with Gasteiger partial charge in [-0.15, -0.1) is 0 Å². The molecular formula is C34H43F3N6O4. The Hall–Kier alpha value is -4.39. The van der Waals surface area contributed by atoms with Crippen molar-refractivity contribution < 1.29 is 32.2 Å². The Morgan fingerprint density at radius 1 is 0.936 bits per heavy atom. The highest BCUT2D eigenvalue weighted by molar-refractivity contribution is 6.01. The predicted octanol–water partition coefficient (Wildman–Crippen LogP) is 6.17. The van der Waals surface area contributed by atoms with Crippen LogP contribution in [0.4, 0.5) is 23.7 Å². The van der Waals surface area contributed by atoms with Crippen LogP contribution in [0.5, 0.6) is 11.8 Å². The molecule has 10 nitrogen and oxygen atoms in total. The standard InChI is InChI=1S/C34H43F3N6O4/c1-4-38-33(45)43(29-31(46-5-2)39-23-40-32(29)47-6-3)20-10-9-19-42-21-17-26(18-22-42)41-30(44)28-12-8-7-11-27(28)24-13-15-25(16-14-24)34(35,36)37/h7-8,11-16,23,26H,4-6,9-10,17-22H2,1-3H3,(H,38,45)(H,41,44). The first kappa shape index (κ1) is 35.5. The van der Waals surface area contributed by atoms with Gasteiger partial charge >= 0.3 is 12.2 Å². The normalized spacial score (nSPS) is 14.0. The van der Waals surface area contributed by atoms with Gasteiger partial charge < -0.3 is 25.0 Å². The van der Waals surface area contributed by atoms with E-state index in [-0.39, 0.29) is 18.0 Å². The Morgan fingerprint density at radius 2 is 1.57 bits per heavy atom. The zero-order valence-corrected chi connectivity index (χ0v) is 27.1. The lowest BCUT2D eigenvalue weighted by molar-refractivity contribution is -0.137. The number of unbranched alkanes of at least 4 members (excludes halogenated alkanes) is 1. The lowest BCUT2D eigenvalue weighted by atomic mass is 9.97. The zero-order chi connectivity index (χ0) is 33.8. The van der Waals surface area contributed by atoms with Gasteiger partial charge in [0.25, 0.3) is 5.91 Å². The van der Waals surface area contributed by atoms with Crippen molar-refractivity contribution in [3.63, 3.8) is 0 Å². The quantitative estimate of drug-likeness (QED) is 0.200. The zero-order valence-electron chi connectivity index (χ0n) is 27.1. The van der Waals surface area contributed by atoms with Gasteiger partial charge in [-0.2, -0.15) is 23.1 Å². The van der Waals surface area contributed by atoms with E-state index in [1.165, 1.54) is 18.5 Å². The first-order chi connectivity index (χ1) is 22.7. The molecule has 1 aromatic heterocycles. The topological polar surface area (TPSA) is 109 Å². The summed E-state index contributed by atoms with van der Waals surface area (Å²) >= 11 is 0. The van der Waals surface area contributed by atoms with Gasteiger partial charge in [0.05, 0.1) is 18.8 Å². The summed E-state index contributed by atoms with van der Waals surface area (Å²) in [4.78, 5) is 38.8. The van der Waals surface area contributed by atoms with Gasteiger partial charge in [0, 0.05) is 37.8 Å². The highest BCUT2D eigenvalue weighted by Gasteiger charge is 2.30. The molecule has 1 saturated heterocycles. The number of rotatable bonds is 14. The van der Waals surface area contributed by atoms with Crippen molar-refractivity contribution in [3.8, 4) is 22.9 Å². The van der Waals surface area contributed by atoms with E-state index in [0.717, 1.165) is 57.5 Å². The van der Waals surface area contributed by atoms with Crippen molar-refractivity contribution in [1.29, 1.82) is 0 Å². The number of nitrogens with one attached hydrogen (secondary N) is 2. The maximum atomic E-state index is 13.3. The van der Waals surface area contributed by atoms with Crippen LogP contribution < -0.4 is 25.0 Å². The lowest BCUT2D eigenvalue weighted by Crippen LogP contribution is -2.45. The number of carbonyl (C=O) groups is 2. The number of hydrogen-bond donors (Lipinski definition) is 2. The maximum Gasteiger partial charge on any atom is 0.416 e. The summed E-state index contributed by atoms with van der Waals surface area (Å²) in [7, 11) is 0. The van der Waals surface area contributed by atoms with Crippen molar-refractivity contribution in [2.24, 2.45) is 0 Å². The minimum Gasteiger partial charge on any atom is -0.476 e. The second-order valence-corrected chi connectivity index (χ2v) is 11.1. The van der Waals surface area contributed by atoms with Crippen LogP contribution in [0.2, 0.25) is 0 Å². The van der Waals surface area contributed by atoms with Crippen LogP contribution in [-0.2, 0) is 6.18 Å². The van der Waals surface area contributed by atoms with E-state index in [0.29, 0.717) is 60.4 Å². The number of aromatic nitrogens is 2. The molecule has 0 aliphatic carbocycles. The first-order valence-electron chi connectivity index (χ1n) is 16.1.